The van der Waals surface area contributed by atoms with E-state index in [2.05, 4.69) is 94.0 Å². The summed E-state index contributed by atoms with van der Waals surface area (Å²) >= 11 is 0. The minimum atomic E-state index is -0.727. The van der Waals surface area contributed by atoms with Gasteiger partial charge in [-0.25, -0.2) is 9.97 Å². The zero-order valence-corrected chi connectivity index (χ0v) is 22.9. The maximum absolute atomic E-state index is 4.64. The van der Waals surface area contributed by atoms with Crippen molar-refractivity contribution in [3.05, 3.63) is 60.2 Å². The van der Waals surface area contributed by atoms with Gasteiger partial charge >= 0.3 is 21.1 Å². The molecule has 0 aliphatic heterocycles. The third-order valence-electron chi connectivity index (χ3n) is 5.21. The first-order chi connectivity index (χ1) is 15.4. The molecule has 0 fully saturated rings. The quantitative estimate of drug-likeness (QED) is 0.314. The van der Waals surface area contributed by atoms with Crippen molar-refractivity contribution in [3.8, 4) is 11.9 Å². The molecular formula is C23H28N10Pt. The number of hydrogen-bond donors (Lipinski definition) is 0. The molecule has 4 aromatic heterocycles. The molecular weight excluding hydrogens is 611 g/mol. The van der Waals surface area contributed by atoms with E-state index in [-0.39, 0.29) is 31.9 Å². The molecule has 4 aromatic rings. The van der Waals surface area contributed by atoms with Gasteiger partial charge in [0.05, 0.1) is 5.41 Å². The third kappa shape index (κ3) is 5.11. The summed E-state index contributed by atoms with van der Waals surface area (Å²) in [5.74, 6) is 1.78. The van der Waals surface area contributed by atoms with Crippen LogP contribution in [0.3, 0.4) is 0 Å². The molecule has 0 unspecified atom stereocenters. The molecule has 0 saturated heterocycles. The molecule has 0 aliphatic carbocycles. The Morgan fingerprint density at radius 3 is 1.32 bits per heavy atom. The Bertz CT molecular complexity index is 1180. The summed E-state index contributed by atoms with van der Waals surface area (Å²) in [5.41, 5.74) is 0.866. The predicted octanol–water partition coefficient (Wildman–Crippen LogP) is 2.95. The van der Waals surface area contributed by atoms with Crippen molar-refractivity contribution in [2.45, 2.75) is 71.6 Å². The van der Waals surface area contributed by atoms with Gasteiger partial charge in [-0.3, -0.25) is 30.1 Å². The van der Waals surface area contributed by atoms with Crippen molar-refractivity contribution >= 4 is 0 Å². The second-order valence-corrected chi connectivity index (χ2v) is 10.5. The van der Waals surface area contributed by atoms with Crippen LogP contribution in [-0.4, -0.2) is 49.5 Å². The molecule has 0 N–H and O–H groups in total. The number of aromatic nitrogens is 10. The molecule has 0 bridgehead atoms. The van der Waals surface area contributed by atoms with E-state index in [1.165, 1.54) is 22.0 Å². The zero-order valence-electron chi connectivity index (χ0n) is 20.6. The van der Waals surface area contributed by atoms with Crippen molar-refractivity contribution in [1.82, 2.24) is 49.5 Å². The molecule has 4 heterocycles. The van der Waals surface area contributed by atoms with Gasteiger partial charge in [-0.1, -0.05) is 53.9 Å². The molecule has 11 heteroatoms. The molecule has 4 rings (SSSR count). The summed E-state index contributed by atoms with van der Waals surface area (Å²) in [4.78, 5) is 26.6. The fourth-order valence-electron chi connectivity index (χ4n) is 3.00. The van der Waals surface area contributed by atoms with Crippen molar-refractivity contribution < 1.29 is 21.1 Å². The fraction of sp³-hybridized carbons (Fsp3) is 0.478. The van der Waals surface area contributed by atoms with E-state index in [0.717, 1.165) is 11.4 Å². The van der Waals surface area contributed by atoms with E-state index in [1.54, 1.807) is 0 Å². The monoisotopic (exact) mass is 639 g/mol. The summed E-state index contributed by atoms with van der Waals surface area (Å²) in [6.45, 7) is 16.5. The molecule has 0 aliphatic rings. The molecule has 0 aromatic carbocycles. The molecule has 10 nitrogen and oxygen atoms in total. The number of nitrogens with zero attached hydrogens (tertiary/aromatic N) is 10. The van der Waals surface area contributed by atoms with Crippen molar-refractivity contribution in [3.63, 3.8) is 0 Å². The summed E-state index contributed by atoms with van der Waals surface area (Å²) < 4.78 is 3.07. The number of hydrogen-bond acceptors (Lipinski definition) is 8. The molecule has 34 heavy (non-hydrogen) atoms. The first kappa shape index (κ1) is 25.7. The summed E-state index contributed by atoms with van der Waals surface area (Å²) in [6, 6.07) is 3.69. The maximum Gasteiger partial charge on any atom is 2.00 e. The molecule has 0 atom stereocenters. The van der Waals surface area contributed by atoms with E-state index in [4.69, 9.17) is 0 Å². The molecule has 0 spiro atoms. The predicted molar refractivity (Wildman–Crippen MR) is 121 cm³/mol. The molecule has 0 amide bonds. The van der Waals surface area contributed by atoms with Gasteiger partial charge in [0.25, 0.3) is 0 Å². The minimum Gasteiger partial charge on any atom is -0.328 e. The topological polar surface area (TPSA) is 113 Å². The van der Waals surface area contributed by atoms with Crippen LogP contribution < -0.4 is 0 Å². The first-order valence-electron chi connectivity index (χ1n) is 10.7. The zero-order chi connectivity index (χ0) is 24.0. The van der Waals surface area contributed by atoms with Gasteiger partial charge in [-0.2, -0.15) is 0 Å². The molecule has 0 radical (unpaired) electrons. The van der Waals surface area contributed by atoms with Gasteiger partial charge in [-0.05, 0) is 36.1 Å². The van der Waals surface area contributed by atoms with Crippen LogP contribution in [0.25, 0.3) is 11.9 Å². The van der Waals surface area contributed by atoms with Crippen LogP contribution in [0.2, 0.25) is 0 Å². The average molecular weight is 640 g/mol. The van der Waals surface area contributed by atoms with Crippen LogP contribution in [0.1, 0.15) is 78.4 Å². The van der Waals surface area contributed by atoms with E-state index in [1.807, 2.05) is 26.0 Å². The Labute approximate surface area is 214 Å². The van der Waals surface area contributed by atoms with Crippen molar-refractivity contribution in [1.29, 1.82) is 0 Å². The molecule has 180 valence electrons. The summed E-state index contributed by atoms with van der Waals surface area (Å²) in [5, 5.41) is 9.15. The van der Waals surface area contributed by atoms with Gasteiger partial charge in [0.1, 0.15) is 36.2 Å². The van der Waals surface area contributed by atoms with Crippen LogP contribution in [0, 0.1) is 12.4 Å². The van der Waals surface area contributed by atoms with E-state index in [0.29, 0.717) is 23.5 Å². The summed E-state index contributed by atoms with van der Waals surface area (Å²) in [7, 11) is 0. The van der Waals surface area contributed by atoms with Crippen molar-refractivity contribution in [2.75, 3.05) is 0 Å². The Hall–Kier alpha value is -2.87. The smallest absolute Gasteiger partial charge is 0.328 e. The van der Waals surface area contributed by atoms with Gasteiger partial charge in [-0.15, -0.1) is 12.1 Å². The largest absolute Gasteiger partial charge is 2.00 e. The van der Waals surface area contributed by atoms with Gasteiger partial charge in [0.2, 0.25) is 0 Å². The third-order valence-corrected chi connectivity index (χ3v) is 5.21. The number of rotatable bonds is 4. The first-order valence-corrected chi connectivity index (χ1v) is 10.7. The van der Waals surface area contributed by atoms with Crippen LogP contribution >= 0.6 is 0 Å². The summed E-state index contributed by atoms with van der Waals surface area (Å²) in [6.07, 6.45) is 9.10. The standard InChI is InChI=1S/C23H28N10.Pt/c1-21(2,3)15-9-11-32(30-15)19-26-13-24-17(28-19)23(7,8)18-25-14-27-20(29-18)33-12-10-16(31-33)22(4,5)6;/h9-10,13-14H,1-8H3;/q-2;+2. The van der Waals surface area contributed by atoms with Gasteiger partial charge in [0.15, 0.2) is 0 Å². The maximum atomic E-state index is 4.64. The average Bonchev–Trinajstić information content (AvgIpc) is 3.44. The van der Waals surface area contributed by atoms with Crippen LogP contribution in [0.4, 0.5) is 0 Å². The molecule has 0 saturated carbocycles. The van der Waals surface area contributed by atoms with Crippen molar-refractivity contribution in [2.24, 2.45) is 0 Å². The van der Waals surface area contributed by atoms with E-state index >= 15 is 0 Å². The van der Waals surface area contributed by atoms with E-state index < -0.39 is 5.41 Å². The van der Waals surface area contributed by atoms with Gasteiger partial charge in [0, 0.05) is 0 Å². The Balaban J connectivity index is 0.00000324. The minimum absolute atomic E-state index is 0. The van der Waals surface area contributed by atoms with Gasteiger partial charge < -0.3 is 9.36 Å². The Morgan fingerprint density at radius 1 is 0.618 bits per heavy atom. The Morgan fingerprint density at radius 2 is 1.00 bits per heavy atom. The second kappa shape index (κ2) is 9.06. The van der Waals surface area contributed by atoms with Crippen LogP contribution in [-0.2, 0) is 37.3 Å². The Kier molecular flexibility index (Phi) is 6.86. The second-order valence-electron chi connectivity index (χ2n) is 10.5. The normalized spacial score (nSPS) is 12.5. The van der Waals surface area contributed by atoms with Crippen LogP contribution in [0.5, 0.6) is 0 Å². The SMILES string of the molecule is CC(C)(C)c1c[c-]n(-c2ncnc(C(C)(C)c3ncnc(-n4[c-]cc(C(C)(C)C)n4)n3)n2)n1.[Pt+2]. The van der Waals surface area contributed by atoms with Crippen LogP contribution in [0.15, 0.2) is 24.8 Å². The fourth-order valence-corrected chi connectivity index (χ4v) is 3.00. The van der Waals surface area contributed by atoms with E-state index in [9.17, 15) is 0 Å².